The molecule has 0 rings (SSSR count). The highest BCUT2D eigenvalue weighted by atomic mass is 16.2. The Morgan fingerprint density at radius 1 is 0.733 bits per heavy atom. The second kappa shape index (κ2) is 9.42. The predicted octanol–water partition coefficient (Wildman–Crippen LogP) is -0.303. The number of rotatable bonds is 8. The Hall–Kier alpha value is -1.14. The summed E-state index contributed by atoms with van der Waals surface area (Å²) in [5, 5.41) is 0. The van der Waals surface area contributed by atoms with Crippen LogP contribution in [0.25, 0.3) is 0 Å². The van der Waals surface area contributed by atoms with Crippen molar-refractivity contribution in [1.29, 1.82) is 0 Å². The van der Waals surface area contributed by atoms with Gasteiger partial charge in [0.25, 0.3) is 0 Å². The second-order valence-corrected chi connectivity index (χ2v) is 3.40. The molecular formula is C9H20N4O2. The average Bonchev–Trinajstić information content (AvgIpc) is 2.26. The fourth-order valence-electron chi connectivity index (χ4n) is 1.25. The first-order chi connectivity index (χ1) is 7.20. The molecule has 0 aliphatic rings. The minimum absolute atomic E-state index is 0.127. The van der Waals surface area contributed by atoms with E-state index in [9.17, 15) is 9.59 Å². The Labute approximate surface area is 89.7 Å². The summed E-state index contributed by atoms with van der Waals surface area (Å²) in [6.45, 7) is 0. The standard InChI is InChI=1S/C9H20N4O2/c10-12-8(14)6-4-2-1-3-5-7-9(15)13-11/h1-7,10-11H2,(H,12,14)(H,13,15). The number of nitrogens with one attached hydrogen (secondary N) is 2. The number of unbranched alkanes of at least 4 members (excludes halogenated alkanes) is 4. The van der Waals surface area contributed by atoms with E-state index in [0.717, 1.165) is 32.1 Å². The Morgan fingerprint density at radius 3 is 1.40 bits per heavy atom. The number of hydrogen-bond donors (Lipinski definition) is 4. The summed E-state index contributed by atoms with van der Waals surface area (Å²) < 4.78 is 0. The predicted molar refractivity (Wildman–Crippen MR) is 57.0 cm³/mol. The molecule has 0 saturated heterocycles. The summed E-state index contributed by atoms with van der Waals surface area (Å²) in [6, 6.07) is 0. The normalized spacial score (nSPS) is 9.73. The fraction of sp³-hybridized carbons (Fsp3) is 0.778. The van der Waals surface area contributed by atoms with Crippen LogP contribution in [-0.2, 0) is 9.59 Å². The molecule has 0 aromatic carbocycles. The van der Waals surface area contributed by atoms with Crippen molar-refractivity contribution >= 4 is 11.8 Å². The van der Waals surface area contributed by atoms with Gasteiger partial charge in [0.2, 0.25) is 11.8 Å². The molecule has 6 nitrogen and oxygen atoms in total. The average molecular weight is 216 g/mol. The van der Waals surface area contributed by atoms with Gasteiger partial charge in [0.15, 0.2) is 0 Å². The van der Waals surface area contributed by atoms with Gasteiger partial charge < -0.3 is 0 Å². The lowest BCUT2D eigenvalue weighted by atomic mass is 10.1. The van der Waals surface area contributed by atoms with Gasteiger partial charge in [0, 0.05) is 12.8 Å². The van der Waals surface area contributed by atoms with Gasteiger partial charge in [0.1, 0.15) is 0 Å². The monoisotopic (exact) mass is 216 g/mol. The van der Waals surface area contributed by atoms with Crippen molar-refractivity contribution in [2.75, 3.05) is 0 Å². The summed E-state index contributed by atoms with van der Waals surface area (Å²) >= 11 is 0. The zero-order valence-corrected chi connectivity index (χ0v) is 8.92. The van der Waals surface area contributed by atoms with Crippen LogP contribution >= 0.6 is 0 Å². The number of amides is 2. The molecule has 0 unspecified atom stereocenters. The lowest BCUT2D eigenvalue weighted by Gasteiger charge is -2.01. The first-order valence-corrected chi connectivity index (χ1v) is 5.19. The van der Waals surface area contributed by atoms with E-state index < -0.39 is 0 Å². The molecule has 0 saturated carbocycles. The zero-order chi connectivity index (χ0) is 11.5. The van der Waals surface area contributed by atoms with E-state index in [0.29, 0.717) is 12.8 Å². The number of hydrogen-bond acceptors (Lipinski definition) is 4. The van der Waals surface area contributed by atoms with Crippen LogP contribution in [0.2, 0.25) is 0 Å². The molecule has 6 heteroatoms. The quantitative estimate of drug-likeness (QED) is 0.193. The second-order valence-electron chi connectivity index (χ2n) is 3.40. The molecule has 0 bridgehead atoms. The molecule has 2 amide bonds. The number of carbonyl (C=O) groups excluding carboxylic acids is 2. The molecule has 0 radical (unpaired) electrons. The molecule has 6 N–H and O–H groups in total. The zero-order valence-electron chi connectivity index (χ0n) is 8.92. The van der Waals surface area contributed by atoms with E-state index in [1.165, 1.54) is 0 Å². The lowest BCUT2D eigenvalue weighted by molar-refractivity contribution is -0.122. The Morgan fingerprint density at radius 2 is 1.07 bits per heavy atom. The third kappa shape index (κ3) is 9.17. The van der Waals surface area contributed by atoms with Crippen LogP contribution in [0.1, 0.15) is 44.9 Å². The third-order valence-corrected chi connectivity index (χ3v) is 2.13. The summed E-state index contributed by atoms with van der Waals surface area (Å²) in [5.41, 5.74) is 4.17. The Kier molecular flexibility index (Phi) is 8.70. The lowest BCUT2D eigenvalue weighted by Crippen LogP contribution is -2.29. The first kappa shape index (κ1) is 13.9. The molecule has 15 heavy (non-hydrogen) atoms. The van der Waals surface area contributed by atoms with Crippen molar-refractivity contribution < 1.29 is 9.59 Å². The van der Waals surface area contributed by atoms with E-state index in [4.69, 9.17) is 11.7 Å². The molecule has 0 atom stereocenters. The highest BCUT2D eigenvalue weighted by molar-refractivity contribution is 5.75. The summed E-state index contributed by atoms with van der Waals surface area (Å²) in [5.74, 6) is 9.60. The van der Waals surface area contributed by atoms with Crippen LogP contribution in [0, 0.1) is 0 Å². The summed E-state index contributed by atoms with van der Waals surface area (Å²) in [4.78, 5) is 21.5. The SMILES string of the molecule is NNC(=O)CCCCCCCC(=O)NN. The van der Waals surface area contributed by atoms with Crippen LogP contribution in [0.5, 0.6) is 0 Å². The van der Waals surface area contributed by atoms with Crippen molar-refractivity contribution in [3.8, 4) is 0 Å². The minimum Gasteiger partial charge on any atom is -0.294 e. The van der Waals surface area contributed by atoms with Crippen LogP contribution in [0.3, 0.4) is 0 Å². The van der Waals surface area contributed by atoms with Crippen molar-refractivity contribution in [2.24, 2.45) is 11.7 Å². The van der Waals surface area contributed by atoms with Gasteiger partial charge in [-0.25, -0.2) is 11.7 Å². The van der Waals surface area contributed by atoms with Crippen LogP contribution < -0.4 is 22.5 Å². The van der Waals surface area contributed by atoms with Gasteiger partial charge in [0.05, 0.1) is 0 Å². The van der Waals surface area contributed by atoms with E-state index in [1.54, 1.807) is 0 Å². The molecule has 0 aliphatic carbocycles. The molecule has 0 spiro atoms. The number of hydrazine groups is 2. The van der Waals surface area contributed by atoms with Crippen molar-refractivity contribution in [3.05, 3.63) is 0 Å². The fourth-order valence-corrected chi connectivity index (χ4v) is 1.25. The molecule has 0 heterocycles. The van der Waals surface area contributed by atoms with Crippen molar-refractivity contribution in [1.82, 2.24) is 10.9 Å². The highest BCUT2D eigenvalue weighted by Crippen LogP contribution is 2.06. The highest BCUT2D eigenvalue weighted by Gasteiger charge is 1.99. The molecule has 0 aromatic heterocycles. The van der Waals surface area contributed by atoms with E-state index in [-0.39, 0.29) is 11.8 Å². The largest absolute Gasteiger partial charge is 0.294 e. The van der Waals surface area contributed by atoms with Crippen molar-refractivity contribution in [2.45, 2.75) is 44.9 Å². The van der Waals surface area contributed by atoms with E-state index in [2.05, 4.69) is 10.9 Å². The maximum atomic E-state index is 10.7. The van der Waals surface area contributed by atoms with Gasteiger partial charge in [-0.15, -0.1) is 0 Å². The molecule has 0 aliphatic heterocycles. The van der Waals surface area contributed by atoms with E-state index >= 15 is 0 Å². The summed E-state index contributed by atoms with van der Waals surface area (Å²) in [6.07, 6.45) is 5.61. The van der Waals surface area contributed by atoms with Gasteiger partial charge >= 0.3 is 0 Å². The molecule has 88 valence electrons. The van der Waals surface area contributed by atoms with Gasteiger partial charge in [-0.2, -0.15) is 0 Å². The summed E-state index contributed by atoms with van der Waals surface area (Å²) in [7, 11) is 0. The van der Waals surface area contributed by atoms with Gasteiger partial charge in [-0.3, -0.25) is 20.4 Å². The molecule has 0 aromatic rings. The maximum absolute atomic E-state index is 10.7. The van der Waals surface area contributed by atoms with Crippen LogP contribution in [-0.4, -0.2) is 11.8 Å². The van der Waals surface area contributed by atoms with Gasteiger partial charge in [-0.05, 0) is 12.8 Å². The molecular weight excluding hydrogens is 196 g/mol. The number of nitrogens with two attached hydrogens (primary N) is 2. The minimum atomic E-state index is -0.127. The maximum Gasteiger partial charge on any atom is 0.233 e. The van der Waals surface area contributed by atoms with E-state index in [1.807, 2.05) is 0 Å². The Balaban J connectivity index is 3.11. The van der Waals surface area contributed by atoms with Crippen LogP contribution in [0.15, 0.2) is 0 Å². The first-order valence-electron chi connectivity index (χ1n) is 5.19. The van der Waals surface area contributed by atoms with Crippen molar-refractivity contribution in [3.63, 3.8) is 0 Å². The van der Waals surface area contributed by atoms with Gasteiger partial charge in [-0.1, -0.05) is 19.3 Å². The Bertz CT molecular complexity index is 177. The smallest absolute Gasteiger partial charge is 0.233 e. The number of carbonyl (C=O) groups is 2. The van der Waals surface area contributed by atoms with Crippen LogP contribution in [0.4, 0.5) is 0 Å². The third-order valence-electron chi connectivity index (χ3n) is 2.13. The topological polar surface area (TPSA) is 110 Å². The molecule has 0 fully saturated rings.